The number of hydrogen-bond acceptors (Lipinski definition) is 2. The van der Waals surface area contributed by atoms with Crippen LogP contribution in [-0.4, -0.2) is 11.7 Å². The lowest BCUT2D eigenvalue weighted by Gasteiger charge is -2.07. The van der Waals surface area contributed by atoms with Gasteiger partial charge in [-0.2, -0.15) is 0 Å². The van der Waals surface area contributed by atoms with Crippen molar-refractivity contribution < 1.29 is 9.84 Å². The lowest BCUT2D eigenvalue weighted by molar-refractivity contribution is 0.180. The first-order chi connectivity index (χ1) is 7.31. The lowest BCUT2D eigenvalue weighted by atomic mass is 10.1. The molecule has 0 spiro atoms. The van der Waals surface area contributed by atoms with Crippen molar-refractivity contribution >= 4 is 11.6 Å². The summed E-state index contributed by atoms with van der Waals surface area (Å²) in [5, 5.41) is 9.62. The van der Waals surface area contributed by atoms with E-state index in [2.05, 4.69) is 0 Å². The maximum atomic E-state index is 9.62. The van der Waals surface area contributed by atoms with E-state index in [9.17, 15) is 5.11 Å². The summed E-state index contributed by atoms with van der Waals surface area (Å²) in [5.41, 5.74) is 3.67. The van der Waals surface area contributed by atoms with Crippen LogP contribution in [0, 0.1) is 0 Å². The van der Waals surface area contributed by atoms with Gasteiger partial charge in [-0.1, -0.05) is 17.7 Å². The number of aryl methyl sites for hydroxylation is 1. The molecule has 0 radical (unpaired) electrons. The number of ether oxygens (including phenoxy) is 1. The summed E-state index contributed by atoms with van der Waals surface area (Å²) in [7, 11) is 0. The minimum Gasteiger partial charge on any atom is -0.489 e. The third-order valence-electron chi connectivity index (χ3n) is 2.60. The summed E-state index contributed by atoms with van der Waals surface area (Å²) < 4.78 is 5.45. The molecule has 1 aromatic carbocycles. The van der Waals surface area contributed by atoms with Crippen molar-refractivity contribution in [3.05, 3.63) is 40.9 Å². The Balaban J connectivity index is 2.09. The molecule has 0 fully saturated rings. The molecular formula is C12H13ClO2. The van der Waals surface area contributed by atoms with Gasteiger partial charge in [-0.25, -0.2) is 0 Å². The minimum absolute atomic E-state index is 0.295. The van der Waals surface area contributed by atoms with E-state index in [1.807, 2.05) is 18.2 Å². The van der Waals surface area contributed by atoms with Crippen LogP contribution in [0.5, 0.6) is 5.75 Å². The van der Waals surface area contributed by atoms with Crippen LogP contribution >= 0.6 is 11.6 Å². The van der Waals surface area contributed by atoms with E-state index < -0.39 is 0 Å². The number of benzene rings is 1. The van der Waals surface area contributed by atoms with Crippen molar-refractivity contribution in [2.24, 2.45) is 0 Å². The van der Waals surface area contributed by atoms with Gasteiger partial charge < -0.3 is 9.84 Å². The van der Waals surface area contributed by atoms with Gasteiger partial charge in [-0.05, 0) is 42.2 Å². The Morgan fingerprint density at radius 1 is 1.53 bits per heavy atom. The average Bonchev–Trinajstić information content (AvgIpc) is 2.61. The smallest absolute Gasteiger partial charge is 0.120 e. The van der Waals surface area contributed by atoms with Gasteiger partial charge in [0, 0.05) is 5.54 Å². The molecule has 0 heterocycles. The van der Waals surface area contributed by atoms with Crippen LogP contribution in [0.3, 0.4) is 0 Å². The van der Waals surface area contributed by atoms with Crippen LogP contribution in [0.4, 0.5) is 0 Å². The fourth-order valence-electron chi connectivity index (χ4n) is 1.84. The molecule has 2 rings (SSSR count). The van der Waals surface area contributed by atoms with Crippen molar-refractivity contribution in [3.63, 3.8) is 0 Å². The zero-order valence-corrected chi connectivity index (χ0v) is 9.07. The van der Waals surface area contributed by atoms with Gasteiger partial charge in [-0.15, -0.1) is 0 Å². The molecule has 15 heavy (non-hydrogen) atoms. The highest BCUT2D eigenvalue weighted by Crippen LogP contribution is 2.33. The molecule has 1 atom stereocenters. The molecule has 1 aliphatic rings. The quantitative estimate of drug-likeness (QED) is 0.856. The number of aliphatic hydroxyl groups excluding tert-OH is 1. The van der Waals surface area contributed by atoms with E-state index >= 15 is 0 Å². The van der Waals surface area contributed by atoms with Crippen LogP contribution < -0.4 is 4.74 Å². The van der Waals surface area contributed by atoms with Gasteiger partial charge in [0.15, 0.2) is 0 Å². The van der Waals surface area contributed by atoms with E-state index in [1.165, 1.54) is 11.1 Å². The summed E-state index contributed by atoms with van der Waals surface area (Å²) >= 11 is 5.39. The van der Waals surface area contributed by atoms with Crippen LogP contribution in [0.25, 0.3) is 0 Å². The van der Waals surface area contributed by atoms with Crippen molar-refractivity contribution in [1.82, 2.24) is 0 Å². The van der Waals surface area contributed by atoms with Crippen molar-refractivity contribution in [2.75, 3.05) is 6.61 Å². The van der Waals surface area contributed by atoms with Crippen molar-refractivity contribution in [1.29, 1.82) is 0 Å². The van der Waals surface area contributed by atoms with Gasteiger partial charge in [0.25, 0.3) is 0 Å². The van der Waals surface area contributed by atoms with E-state index in [0.29, 0.717) is 6.61 Å². The fourth-order valence-corrected chi connectivity index (χ4v) is 1.91. The Hall–Kier alpha value is -0.990. The highest BCUT2D eigenvalue weighted by Gasteiger charge is 2.20. The van der Waals surface area contributed by atoms with Gasteiger partial charge in [0.2, 0.25) is 0 Å². The highest BCUT2D eigenvalue weighted by molar-refractivity contribution is 6.25. The predicted octanol–water partition coefficient (Wildman–Crippen LogP) is 2.80. The topological polar surface area (TPSA) is 29.5 Å². The third kappa shape index (κ3) is 2.33. The second-order valence-corrected chi connectivity index (χ2v) is 3.84. The molecule has 0 amide bonds. The largest absolute Gasteiger partial charge is 0.489 e. The van der Waals surface area contributed by atoms with Crippen LogP contribution in [-0.2, 0) is 6.42 Å². The zero-order chi connectivity index (χ0) is 10.7. The molecule has 1 N–H and O–H groups in total. The summed E-state index contributed by atoms with van der Waals surface area (Å²) in [6.45, 7) is 0.477. The first kappa shape index (κ1) is 10.5. The van der Waals surface area contributed by atoms with Crippen molar-refractivity contribution in [2.45, 2.75) is 18.9 Å². The molecule has 0 aromatic heterocycles. The number of halogens is 1. The van der Waals surface area contributed by atoms with Gasteiger partial charge in [0.05, 0.1) is 6.10 Å². The first-order valence-electron chi connectivity index (χ1n) is 5.00. The van der Waals surface area contributed by atoms with Gasteiger partial charge >= 0.3 is 0 Å². The molecule has 0 aliphatic heterocycles. The molecule has 80 valence electrons. The Morgan fingerprint density at radius 2 is 2.40 bits per heavy atom. The zero-order valence-electron chi connectivity index (χ0n) is 8.32. The fraction of sp³-hybridized carbons (Fsp3) is 0.333. The van der Waals surface area contributed by atoms with Gasteiger partial charge in [-0.3, -0.25) is 0 Å². The van der Waals surface area contributed by atoms with Crippen molar-refractivity contribution in [3.8, 4) is 5.75 Å². The molecule has 3 heteroatoms. The summed E-state index contributed by atoms with van der Waals surface area (Å²) in [4.78, 5) is 0. The molecule has 0 saturated carbocycles. The summed E-state index contributed by atoms with van der Waals surface area (Å²) in [6.07, 6.45) is 3.19. The Bertz CT molecular complexity index is 374. The average molecular weight is 225 g/mol. The number of hydrogen-bond donors (Lipinski definition) is 1. The van der Waals surface area contributed by atoms with E-state index in [1.54, 1.807) is 6.08 Å². The van der Waals surface area contributed by atoms with E-state index in [4.69, 9.17) is 16.3 Å². The van der Waals surface area contributed by atoms with Crippen LogP contribution in [0.1, 0.15) is 23.7 Å². The summed E-state index contributed by atoms with van der Waals surface area (Å²) in [5.74, 6) is 0.831. The molecule has 1 unspecified atom stereocenters. The number of fused-ring (bicyclic) bond motifs is 1. The molecule has 0 bridgehead atoms. The minimum atomic E-state index is -0.295. The molecule has 0 saturated heterocycles. The third-order valence-corrected chi connectivity index (χ3v) is 2.77. The SMILES string of the molecule is OC1CCc2cc(OC/C=C/Cl)ccc21. The van der Waals surface area contributed by atoms with Crippen LogP contribution in [0.2, 0.25) is 0 Å². The Kier molecular flexibility index (Phi) is 3.29. The second kappa shape index (κ2) is 4.69. The predicted molar refractivity (Wildman–Crippen MR) is 60.2 cm³/mol. The first-order valence-corrected chi connectivity index (χ1v) is 5.44. The molecule has 2 nitrogen and oxygen atoms in total. The second-order valence-electron chi connectivity index (χ2n) is 3.59. The lowest BCUT2D eigenvalue weighted by Crippen LogP contribution is -1.95. The molecule has 1 aromatic rings. The highest BCUT2D eigenvalue weighted by atomic mass is 35.5. The van der Waals surface area contributed by atoms with E-state index in [0.717, 1.165) is 24.2 Å². The Morgan fingerprint density at radius 3 is 3.20 bits per heavy atom. The van der Waals surface area contributed by atoms with Crippen LogP contribution in [0.15, 0.2) is 29.8 Å². The number of rotatable bonds is 3. The maximum absolute atomic E-state index is 9.62. The molecular weight excluding hydrogens is 212 g/mol. The maximum Gasteiger partial charge on any atom is 0.120 e. The Labute approximate surface area is 94.1 Å². The van der Waals surface area contributed by atoms with Gasteiger partial charge in [0.1, 0.15) is 12.4 Å². The van der Waals surface area contributed by atoms with E-state index in [-0.39, 0.29) is 6.10 Å². The monoisotopic (exact) mass is 224 g/mol. The number of aliphatic hydroxyl groups is 1. The normalized spacial score (nSPS) is 19.5. The standard InChI is InChI=1S/C12H13ClO2/c13-6-1-7-15-10-3-4-11-9(8-10)2-5-12(11)14/h1,3-4,6,8,12,14H,2,5,7H2/b6-1+. The summed E-state index contributed by atoms with van der Waals surface area (Å²) in [6, 6.07) is 5.82. The molecule has 1 aliphatic carbocycles.